The molecular weight excluding hydrogens is 140 g/mol. The molecule has 0 rings (SSSR count). The highest BCUT2D eigenvalue weighted by Gasteiger charge is 2.08. The Morgan fingerprint density at radius 2 is 2.00 bits per heavy atom. The largest absolute Gasteiger partial charge is 0.462 e. The van der Waals surface area contributed by atoms with E-state index in [0.29, 0.717) is 12.3 Å². The first-order chi connectivity index (χ1) is 5.06. The second kappa shape index (κ2) is 5.16. The van der Waals surface area contributed by atoms with Gasteiger partial charge in [-0.3, -0.25) is 4.79 Å². The van der Waals surface area contributed by atoms with E-state index < -0.39 is 0 Å². The van der Waals surface area contributed by atoms with E-state index in [9.17, 15) is 4.79 Å². The fourth-order valence-corrected chi connectivity index (χ4v) is 0.657. The Bertz CT molecular complexity index is 119. The maximum Gasteiger partial charge on any atom is 0.306 e. The molecule has 2 nitrogen and oxygen atoms in total. The van der Waals surface area contributed by atoms with Crippen molar-refractivity contribution >= 4 is 5.97 Å². The molecule has 0 saturated heterocycles. The van der Waals surface area contributed by atoms with Crippen LogP contribution in [0, 0.1) is 12.3 Å². The smallest absolute Gasteiger partial charge is 0.306 e. The highest BCUT2D eigenvalue weighted by Crippen LogP contribution is 2.04. The fraction of sp³-hybridized carbons (Fsp3) is 0.778. The number of hydrogen-bond acceptors (Lipinski definition) is 2. The molecule has 0 fully saturated rings. The molecule has 0 aliphatic carbocycles. The summed E-state index contributed by atoms with van der Waals surface area (Å²) in [6.45, 7) is 7.74. The molecule has 0 heterocycles. The van der Waals surface area contributed by atoms with Crippen molar-refractivity contribution in [1.29, 1.82) is 0 Å². The fourth-order valence-electron chi connectivity index (χ4n) is 0.657. The van der Waals surface area contributed by atoms with Gasteiger partial charge in [-0.25, -0.2) is 0 Å². The van der Waals surface area contributed by atoms with Crippen LogP contribution >= 0.6 is 0 Å². The van der Waals surface area contributed by atoms with E-state index in [-0.39, 0.29) is 12.1 Å². The van der Waals surface area contributed by atoms with E-state index in [1.807, 2.05) is 34.1 Å². The molecule has 0 unspecified atom stereocenters. The van der Waals surface area contributed by atoms with Crippen molar-refractivity contribution < 1.29 is 9.53 Å². The molecule has 11 heavy (non-hydrogen) atoms. The number of carbonyl (C=O) groups is 1. The van der Waals surface area contributed by atoms with Crippen molar-refractivity contribution in [1.82, 2.24) is 0 Å². The second-order valence-corrected chi connectivity index (χ2v) is 3.13. The molecular formula is C9H17O2. The molecule has 65 valence electrons. The lowest BCUT2D eigenvalue weighted by Crippen LogP contribution is -2.15. The zero-order valence-corrected chi connectivity index (χ0v) is 7.76. The first kappa shape index (κ1) is 10.5. The van der Waals surface area contributed by atoms with Gasteiger partial charge in [-0.2, -0.15) is 0 Å². The molecule has 0 aromatic rings. The van der Waals surface area contributed by atoms with Crippen molar-refractivity contribution in [3.05, 3.63) is 6.42 Å². The molecule has 0 aromatic carbocycles. The van der Waals surface area contributed by atoms with Crippen LogP contribution < -0.4 is 0 Å². The van der Waals surface area contributed by atoms with Crippen LogP contribution in [0.3, 0.4) is 0 Å². The van der Waals surface area contributed by atoms with Gasteiger partial charge >= 0.3 is 5.97 Å². The molecule has 0 amide bonds. The first-order valence-electron chi connectivity index (χ1n) is 4.05. The van der Waals surface area contributed by atoms with Gasteiger partial charge < -0.3 is 4.74 Å². The second-order valence-electron chi connectivity index (χ2n) is 3.13. The number of hydrogen-bond donors (Lipinski definition) is 0. The summed E-state index contributed by atoms with van der Waals surface area (Å²) in [5, 5.41) is 0. The lowest BCUT2D eigenvalue weighted by Gasteiger charge is -2.11. The quantitative estimate of drug-likeness (QED) is 0.585. The van der Waals surface area contributed by atoms with E-state index in [1.165, 1.54) is 0 Å². The predicted molar refractivity (Wildman–Crippen MR) is 45.0 cm³/mol. The molecule has 0 aliphatic rings. The SMILES string of the molecule is C[CH][C@H](C)OC(=O)CC(C)C. The van der Waals surface area contributed by atoms with Gasteiger partial charge in [-0.05, 0) is 19.3 Å². The third-order valence-corrected chi connectivity index (χ3v) is 1.36. The molecule has 0 spiro atoms. The summed E-state index contributed by atoms with van der Waals surface area (Å²) in [7, 11) is 0. The highest BCUT2D eigenvalue weighted by molar-refractivity contribution is 5.69. The Kier molecular flexibility index (Phi) is 4.92. The Labute approximate surface area is 68.9 Å². The zero-order valence-electron chi connectivity index (χ0n) is 7.76. The summed E-state index contributed by atoms with van der Waals surface area (Å²) >= 11 is 0. The average Bonchev–Trinajstić information content (AvgIpc) is 1.85. The van der Waals surface area contributed by atoms with Crippen LogP contribution in [-0.2, 0) is 9.53 Å². The normalized spacial score (nSPS) is 13.2. The molecule has 0 aliphatic heterocycles. The zero-order chi connectivity index (χ0) is 8.85. The summed E-state index contributed by atoms with van der Waals surface area (Å²) in [5.41, 5.74) is 0. The van der Waals surface area contributed by atoms with Crippen LogP contribution in [0.25, 0.3) is 0 Å². The van der Waals surface area contributed by atoms with Gasteiger partial charge in [0.05, 0.1) is 0 Å². The van der Waals surface area contributed by atoms with Crippen LogP contribution in [-0.4, -0.2) is 12.1 Å². The standard InChI is InChI=1S/C9H17O2/c1-5-8(4)11-9(10)6-7(2)3/h5,7-8H,6H2,1-4H3/t8-/m0/s1. The Morgan fingerprint density at radius 3 is 2.36 bits per heavy atom. The Hall–Kier alpha value is -0.530. The van der Waals surface area contributed by atoms with Crippen molar-refractivity contribution in [2.75, 3.05) is 0 Å². The minimum atomic E-state index is -0.106. The molecule has 0 bridgehead atoms. The van der Waals surface area contributed by atoms with Gasteiger partial charge in [0.15, 0.2) is 0 Å². The number of ether oxygens (including phenoxy) is 1. The summed E-state index contributed by atoms with van der Waals surface area (Å²) in [5.74, 6) is 0.275. The van der Waals surface area contributed by atoms with Crippen molar-refractivity contribution in [3.63, 3.8) is 0 Å². The molecule has 0 aromatic heterocycles. The Morgan fingerprint density at radius 1 is 1.45 bits per heavy atom. The summed E-state index contributed by atoms with van der Waals surface area (Å²) < 4.78 is 5.02. The maximum atomic E-state index is 11.0. The first-order valence-corrected chi connectivity index (χ1v) is 4.05. The Balaban J connectivity index is 3.52. The van der Waals surface area contributed by atoms with Crippen LogP contribution in [0.1, 0.15) is 34.1 Å². The highest BCUT2D eigenvalue weighted by atomic mass is 16.5. The van der Waals surface area contributed by atoms with Crippen LogP contribution in [0.2, 0.25) is 0 Å². The average molecular weight is 157 g/mol. The number of rotatable bonds is 4. The van der Waals surface area contributed by atoms with Gasteiger partial charge in [0, 0.05) is 6.42 Å². The van der Waals surface area contributed by atoms with E-state index in [0.717, 1.165) is 0 Å². The van der Waals surface area contributed by atoms with E-state index in [1.54, 1.807) is 0 Å². The third-order valence-electron chi connectivity index (χ3n) is 1.36. The minimum absolute atomic E-state index is 0.0544. The molecule has 2 heteroatoms. The lowest BCUT2D eigenvalue weighted by molar-refractivity contribution is -0.147. The van der Waals surface area contributed by atoms with E-state index >= 15 is 0 Å². The van der Waals surface area contributed by atoms with Gasteiger partial charge in [0.25, 0.3) is 0 Å². The molecule has 1 radical (unpaired) electrons. The van der Waals surface area contributed by atoms with Crippen molar-refractivity contribution in [2.24, 2.45) is 5.92 Å². The van der Waals surface area contributed by atoms with Crippen LogP contribution in [0.15, 0.2) is 0 Å². The van der Waals surface area contributed by atoms with E-state index in [2.05, 4.69) is 0 Å². The van der Waals surface area contributed by atoms with Crippen molar-refractivity contribution in [2.45, 2.75) is 40.2 Å². The summed E-state index contributed by atoms with van der Waals surface area (Å²) in [4.78, 5) is 11.0. The van der Waals surface area contributed by atoms with Crippen molar-refractivity contribution in [3.8, 4) is 0 Å². The monoisotopic (exact) mass is 157 g/mol. The van der Waals surface area contributed by atoms with Gasteiger partial charge in [0.1, 0.15) is 6.10 Å². The maximum absolute atomic E-state index is 11.0. The summed E-state index contributed by atoms with van der Waals surface area (Å²) in [6.07, 6.45) is 2.32. The lowest BCUT2D eigenvalue weighted by atomic mass is 10.1. The topological polar surface area (TPSA) is 26.3 Å². The molecule has 0 N–H and O–H groups in total. The number of carbonyl (C=O) groups excluding carboxylic acids is 1. The number of esters is 1. The van der Waals surface area contributed by atoms with Gasteiger partial charge in [-0.15, -0.1) is 0 Å². The summed E-state index contributed by atoms with van der Waals surface area (Å²) in [6, 6.07) is 0. The third kappa shape index (κ3) is 5.89. The molecule has 0 saturated carbocycles. The van der Waals surface area contributed by atoms with Gasteiger partial charge in [0.2, 0.25) is 0 Å². The molecule has 1 atom stereocenters. The van der Waals surface area contributed by atoms with E-state index in [4.69, 9.17) is 4.74 Å². The van der Waals surface area contributed by atoms with Gasteiger partial charge in [-0.1, -0.05) is 20.8 Å². The predicted octanol–water partition coefficient (Wildman–Crippen LogP) is 2.19. The minimum Gasteiger partial charge on any atom is -0.462 e. The van der Waals surface area contributed by atoms with Crippen LogP contribution in [0.4, 0.5) is 0 Å². The van der Waals surface area contributed by atoms with Crippen LogP contribution in [0.5, 0.6) is 0 Å².